The lowest BCUT2D eigenvalue weighted by Gasteiger charge is -1.94. The average molecular weight is 150 g/mol. The van der Waals surface area contributed by atoms with Crippen molar-refractivity contribution in [1.82, 2.24) is 10.2 Å². The van der Waals surface area contributed by atoms with E-state index in [-0.39, 0.29) is 5.56 Å². The number of aromatic amines is 1. The van der Waals surface area contributed by atoms with Gasteiger partial charge in [0.2, 0.25) is 0 Å². The van der Waals surface area contributed by atoms with Gasteiger partial charge in [-0.05, 0) is 31.2 Å². The molecule has 2 rings (SSSR count). The summed E-state index contributed by atoms with van der Waals surface area (Å²) < 4.78 is 0. The molecule has 1 saturated carbocycles. The van der Waals surface area contributed by atoms with Crippen LogP contribution < -0.4 is 5.56 Å². The fourth-order valence-corrected chi connectivity index (χ4v) is 1.16. The molecule has 1 aromatic heterocycles. The van der Waals surface area contributed by atoms with Crippen molar-refractivity contribution in [3.63, 3.8) is 0 Å². The van der Waals surface area contributed by atoms with E-state index in [1.165, 1.54) is 12.8 Å². The van der Waals surface area contributed by atoms with E-state index < -0.39 is 0 Å². The highest BCUT2D eigenvalue weighted by atomic mass is 16.1. The van der Waals surface area contributed by atoms with Gasteiger partial charge >= 0.3 is 0 Å². The molecule has 0 spiro atoms. The second-order valence-corrected chi connectivity index (χ2v) is 3.06. The summed E-state index contributed by atoms with van der Waals surface area (Å²) >= 11 is 0. The van der Waals surface area contributed by atoms with Gasteiger partial charge in [0.25, 0.3) is 5.56 Å². The molecule has 0 radical (unpaired) electrons. The Balaban J connectivity index is 2.21. The van der Waals surface area contributed by atoms with Gasteiger partial charge in [-0.2, -0.15) is 5.10 Å². The first kappa shape index (κ1) is 6.58. The molecule has 1 aliphatic carbocycles. The summed E-state index contributed by atoms with van der Waals surface area (Å²) in [4.78, 5) is 11.1. The zero-order valence-electron chi connectivity index (χ0n) is 6.21. The quantitative estimate of drug-likeness (QED) is 0.675. The van der Waals surface area contributed by atoms with E-state index in [2.05, 4.69) is 10.2 Å². The van der Waals surface area contributed by atoms with Crippen molar-refractivity contribution in [2.45, 2.75) is 19.3 Å². The van der Waals surface area contributed by atoms with Crippen LogP contribution in [0, 0.1) is 5.92 Å². The summed E-state index contributed by atoms with van der Waals surface area (Å²) in [6.07, 6.45) is 5.13. The molecule has 1 fully saturated rings. The molecule has 11 heavy (non-hydrogen) atoms. The summed E-state index contributed by atoms with van der Waals surface area (Å²) in [7, 11) is 0. The Kier molecular flexibility index (Phi) is 1.49. The van der Waals surface area contributed by atoms with Crippen LogP contribution in [0.5, 0.6) is 0 Å². The van der Waals surface area contributed by atoms with E-state index >= 15 is 0 Å². The molecule has 0 aliphatic heterocycles. The number of aromatic nitrogens is 2. The van der Waals surface area contributed by atoms with Crippen LogP contribution >= 0.6 is 0 Å². The second-order valence-electron chi connectivity index (χ2n) is 3.06. The predicted molar refractivity (Wildman–Crippen MR) is 41.3 cm³/mol. The number of hydrogen-bond acceptors (Lipinski definition) is 2. The Morgan fingerprint density at radius 1 is 1.64 bits per heavy atom. The molecule has 3 nitrogen and oxygen atoms in total. The van der Waals surface area contributed by atoms with E-state index in [1.54, 1.807) is 12.3 Å². The number of hydrogen-bond donors (Lipinski definition) is 1. The van der Waals surface area contributed by atoms with Gasteiger partial charge in [-0.25, -0.2) is 5.10 Å². The highest BCUT2D eigenvalue weighted by Gasteiger charge is 2.22. The van der Waals surface area contributed by atoms with Crippen molar-refractivity contribution in [2.75, 3.05) is 0 Å². The van der Waals surface area contributed by atoms with Crippen molar-refractivity contribution >= 4 is 0 Å². The first-order valence-electron chi connectivity index (χ1n) is 3.89. The Bertz CT molecular complexity index is 301. The van der Waals surface area contributed by atoms with Crippen LogP contribution in [-0.4, -0.2) is 10.2 Å². The van der Waals surface area contributed by atoms with E-state index in [9.17, 15) is 4.79 Å². The largest absolute Gasteiger partial charge is 0.268 e. The summed E-state index contributed by atoms with van der Waals surface area (Å²) in [5.74, 6) is 0.762. The first-order valence-corrected chi connectivity index (χ1v) is 3.89. The lowest BCUT2D eigenvalue weighted by Crippen LogP contribution is -2.13. The van der Waals surface area contributed by atoms with Crippen LogP contribution in [0.1, 0.15) is 18.4 Å². The molecule has 1 aliphatic rings. The molecule has 0 aromatic carbocycles. The molecule has 1 heterocycles. The Labute approximate surface area is 64.5 Å². The van der Waals surface area contributed by atoms with Gasteiger partial charge in [-0.15, -0.1) is 0 Å². The van der Waals surface area contributed by atoms with Gasteiger partial charge in [0.15, 0.2) is 0 Å². The smallest absolute Gasteiger partial charge is 0.267 e. The molecule has 0 atom stereocenters. The number of H-pyrrole nitrogens is 1. The zero-order valence-corrected chi connectivity index (χ0v) is 6.21. The van der Waals surface area contributed by atoms with Gasteiger partial charge in [0.05, 0.1) is 0 Å². The van der Waals surface area contributed by atoms with Crippen LogP contribution in [0.15, 0.2) is 17.1 Å². The van der Waals surface area contributed by atoms with Crippen LogP contribution in [-0.2, 0) is 6.42 Å². The third-order valence-electron chi connectivity index (χ3n) is 2.01. The third-order valence-corrected chi connectivity index (χ3v) is 2.01. The summed E-state index contributed by atoms with van der Waals surface area (Å²) in [6, 6.07) is 1.80. The fourth-order valence-electron chi connectivity index (χ4n) is 1.16. The topological polar surface area (TPSA) is 45.8 Å². The molecule has 0 bridgehead atoms. The predicted octanol–water partition coefficient (Wildman–Crippen LogP) is 0.722. The highest BCUT2D eigenvalue weighted by molar-refractivity contribution is 5.08. The molecule has 1 N–H and O–H groups in total. The standard InChI is InChI=1S/C8H10N2O/c11-8-7(3-4-9-10-8)5-6-1-2-6/h3-4,6H,1-2,5H2,(H,10,11). The van der Waals surface area contributed by atoms with Crippen molar-refractivity contribution < 1.29 is 0 Å². The van der Waals surface area contributed by atoms with Gasteiger partial charge < -0.3 is 0 Å². The Morgan fingerprint density at radius 3 is 3.09 bits per heavy atom. The number of nitrogens with zero attached hydrogens (tertiary/aromatic N) is 1. The monoisotopic (exact) mass is 150 g/mol. The van der Waals surface area contributed by atoms with Crippen molar-refractivity contribution in [2.24, 2.45) is 5.92 Å². The maximum absolute atomic E-state index is 11.1. The molecule has 1 aromatic rings. The van der Waals surface area contributed by atoms with Gasteiger partial charge in [-0.3, -0.25) is 4.79 Å². The highest BCUT2D eigenvalue weighted by Crippen LogP contribution is 2.31. The minimum absolute atomic E-state index is 0.0283. The molecule has 0 unspecified atom stereocenters. The number of rotatable bonds is 2. The molecular weight excluding hydrogens is 140 g/mol. The lowest BCUT2D eigenvalue weighted by molar-refractivity contribution is 0.804. The Hall–Kier alpha value is -1.12. The van der Waals surface area contributed by atoms with Gasteiger partial charge in [0, 0.05) is 11.8 Å². The average Bonchev–Trinajstić information content (AvgIpc) is 2.78. The van der Waals surface area contributed by atoms with E-state index in [0.29, 0.717) is 0 Å². The van der Waals surface area contributed by atoms with Crippen molar-refractivity contribution in [3.05, 3.63) is 28.2 Å². The van der Waals surface area contributed by atoms with Crippen LogP contribution in [0.3, 0.4) is 0 Å². The minimum Gasteiger partial charge on any atom is -0.268 e. The zero-order chi connectivity index (χ0) is 7.68. The van der Waals surface area contributed by atoms with Gasteiger partial charge in [0.1, 0.15) is 0 Å². The summed E-state index contributed by atoms with van der Waals surface area (Å²) in [6.45, 7) is 0. The normalized spacial score (nSPS) is 16.7. The summed E-state index contributed by atoms with van der Waals surface area (Å²) in [5, 5.41) is 6.06. The molecule has 3 heteroatoms. The summed E-state index contributed by atoms with van der Waals surface area (Å²) in [5.41, 5.74) is 0.849. The fraction of sp³-hybridized carbons (Fsp3) is 0.500. The molecule has 0 amide bonds. The Morgan fingerprint density at radius 2 is 2.45 bits per heavy atom. The van der Waals surface area contributed by atoms with Crippen LogP contribution in [0.2, 0.25) is 0 Å². The molecular formula is C8H10N2O. The van der Waals surface area contributed by atoms with Crippen LogP contribution in [0.25, 0.3) is 0 Å². The van der Waals surface area contributed by atoms with Crippen molar-refractivity contribution in [1.29, 1.82) is 0 Å². The second kappa shape index (κ2) is 2.49. The first-order chi connectivity index (χ1) is 5.36. The maximum Gasteiger partial charge on any atom is 0.267 e. The molecule has 0 saturated heterocycles. The minimum atomic E-state index is -0.0283. The third kappa shape index (κ3) is 1.48. The van der Waals surface area contributed by atoms with Crippen LogP contribution in [0.4, 0.5) is 0 Å². The lowest BCUT2D eigenvalue weighted by atomic mass is 10.1. The SMILES string of the molecule is O=c1[nH]nccc1CC1CC1. The molecule has 58 valence electrons. The van der Waals surface area contributed by atoms with E-state index in [1.807, 2.05) is 0 Å². The van der Waals surface area contributed by atoms with E-state index in [4.69, 9.17) is 0 Å². The number of nitrogens with one attached hydrogen (secondary N) is 1. The van der Waals surface area contributed by atoms with E-state index in [0.717, 1.165) is 17.9 Å². The maximum atomic E-state index is 11.1. The van der Waals surface area contributed by atoms with Crippen molar-refractivity contribution in [3.8, 4) is 0 Å². The van der Waals surface area contributed by atoms with Gasteiger partial charge in [-0.1, -0.05) is 0 Å².